The molecule has 2 aliphatic rings. The maximum absolute atomic E-state index is 10.3. The van der Waals surface area contributed by atoms with E-state index in [9.17, 15) is 5.26 Å². The number of ether oxygens (including phenoxy) is 1. The van der Waals surface area contributed by atoms with Gasteiger partial charge in [0, 0.05) is 24.1 Å². The molecule has 0 unspecified atom stereocenters. The standard InChI is InChI=1S/C25H23N5OS.BrH/c1-31-20-13-11-18(12-14-20)22-17-32-25(30(22)19-8-4-2-5-9-19)21(16-26)24-28-27-23-10-6-3-7-15-29(23)24;/h2,4-5,8-9,11-14,17H,3,6-7,10,15H2,1H3;1H/b25-21-;. The van der Waals surface area contributed by atoms with Gasteiger partial charge in [0.2, 0.25) is 0 Å². The highest BCUT2D eigenvalue weighted by molar-refractivity contribution is 8.93. The number of nitrogens with zero attached hydrogens (tertiary/aromatic N) is 5. The highest BCUT2D eigenvalue weighted by atomic mass is 79.9. The number of thioether (sulfide) groups is 1. The summed E-state index contributed by atoms with van der Waals surface area (Å²) in [5, 5.41) is 22.1. The number of benzene rings is 2. The van der Waals surface area contributed by atoms with E-state index in [1.807, 2.05) is 42.5 Å². The molecule has 3 heterocycles. The van der Waals surface area contributed by atoms with E-state index >= 15 is 0 Å². The van der Waals surface area contributed by atoms with Crippen molar-refractivity contribution in [1.29, 1.82) is 5.26 Å². The van der Waals surface area contributed by atoms with Crippen molar-refractivity contribution in [1.82, 2.24) is 14.8 Å². The summed E-state index contributed by atoms with van der Waals surface area (Å²) in [5.74, 6) is 2.45. The molecule has 0 fully saturated rings. The van der Waals surface area contributed by atoms with Crippen LogP contribution in [0, 0.1) is 11.3 Å². The molecule has 33 heavy (non-hydrogen) atoms. The van der Waals surface area contributed by atoms with Crippen molar-refractivity contribution in [3.63, 3.8) is 0 Å². The number of anilines is 1. The SMILES string of the molecule is Br.COc1ccc(C2=CS/C(=C(/C#N)c3nnc4n3CCCCC4)N2c2ccccc2)cc1. The number of nitriles is 1. The zero-order valence-corrected chi connectivity index (χ0v) is 20.8. The summed E-state index contributed by atoms with van der Waals surface area (Å²) in [6, 6.07) is 20.6. The maximum atomic E-state index is 10.3. The maximum Gasteiger partial charge on any atom is 0.177 e. The van der Waals surface area contributed by atoms with E-state index in [1.54, 1.807) is 18.9 Å². The van der Waals surface area contributed by atoms with Crippen molar-refractivity contribution in [3.05, 3.63) is 82.2 Å². The van der Waals surface area contributed by atoms with Crippen molar-refractivity contribution in [2.45, 2.75) is 32.2 Å². The van der Waals surface area contributed by atoms with Gasteiger partial charge in [0.05, 0.1) is 12.8 Å². The molecule has 0 bridgehead atoms. The van der Waals surface area contributed by atoms with Crippen LogP contribution < -0.4 is 9.64 Å². The van der Waals surface area contributed by atoms with Crippen LogP contribution in [-0.4, -0.2) is 21.9 Å². The number of aromatic nitrogens is 3. The Kier molecular flexibility index (Phi) is 7.21. The van der Waals surface area contributed by atoms with Crippen molar-refractivity contribution >= 4 is 45.7 Å². The predicted molar refractivity (Wildman–Crippen MR) is 138 cm³/mol. The number of para-hydroxylation sites is 1. The van der Waals surface area contributed by atoms with E-state index < -0.39 is 0 Å². The van der Waals surface area contributed by atoms with E-state index in [4.69, 9.17) is 4.74 Å². The third kappa shape index (κ3) is 4.43. The fourth-order valence-electron chi connectivity index (χ4n) is 4.15. The van der Waals surface area contributed by atoms with Gasteiger partial charge < -0.3 is 14.2 Å². The molecule has 1 aromatic heterocycles. The molecule has 8 heteroatoms. The van der Waals surface area contributed by atoms with Gasteiger partial charge in [0.1, 0.15) is 28.2 Å². The molecule has 2 aliphatic heterocycles. The number of fused-ring (bicyclic) bond motifs is 1. The Hall–Kier alpha value is -3.02. The summed E-state index contributed by atoms with van der Waals surface area (Å²) in [4.78, 5) is 2.14. The van der Waals surface area contributed by atoms with Crippen LogP contribution in [0.1, 0.15) is 36.5 Å². The third-order valence-corrected chi connectivity index (χ3v) is 6.74. The Bertz CT molecular complexity index is 1230. The van der Waals surface area contributed by atoms with Gasteiger partial charge in [-0.15, -0.1) is 27.2 Å². The average Bonchev–Trinajstić information content (AvgIpc) is 3.38. The topological polar surface area (TPSA) is 67.0 Å². The van der Waals surface area contributed by atoms with E-state index in [0.29, 0.717) is 11.4 Å². The molecular formula is C25H24BrN5OS. The summed E-state index contributed by atoms with van der Waals surface area (Å²) in [7, 11) is 1.66. The second-order valence-corrected chi connectivity index (χ2v) is 8.57. The second-order valence-electron chi connectivity index (χ2n) is 7.71. The Morgan fingerprint density at radius 3 is 2.55 bits per heavy atom. The Labute approximate surface area is 208 Å². The number of allylic oxidation sites excluding steroid dienone is 1. The van der Waals surface area contributed by atoms with Crippen LogP contribution in [0.15, 0.2) is 65.0 Å². The normalized spacial score (nSPS) is 16.7. The van der Waals surface area contributed by atoms with Gasteiger partial charge in [0.15, 0.2) is 5.82 Å². The summed E-state index contributed by atoms with van der Waals surface area (Å²) < 4.78 is 7.46. The van der Waals surface area contributed by atoms with Gasteiger partial charge in [-0.05, 0) is 54.8 Å². The molecule has 0 aliphatic carbocycles. The van der Waals surface area contributed by atoms with Crippen molar-refractivity contribution in [2.75, 3.05) is 12.0 Å². The summed E-state index contributed by atoms with van der Waals surface area (Å²) in [6.07, 6.45) is 4.28. The predicted octanol–water partition coefficient (Wildman–Crippen LogP) is 6.04. The van der Waals surface area contributed by atoms with Crippen LogP contribution in [0.3, 0.4) is 0 Å². The number of rotatable bonds is 4. The fourth-order valence-corrected chi connectivity index (χ4v) is 5.18. The molecule has 168 valence electrons. The summed E-state index contributed by atoms with van der Waals surface area (Å²) >= 11 is 1.55. The first kappa shape index (κ1) is 23.1. The van der Waals surface area contributed by atoms with Crippen LogP contribution in [0.2, 0.25) is 0 Å². The van der Waals surface area contributed by atoms with Crippen molar-refractivity contribution < 1.29 is 4.74 Å². The molecule has 0 spiro atoms. The molecule has 0 N–H and O–H groups in total. The van der Waals surface area contributed by atoms with Crippen LogP contribution >= 0.6 is 28.7 Å². The molecule has 0 saturated carbocycles. The van der Waals surface area contributed by atoms with Crippen molar-refractivity contribution in [2.24, 2.45) is 0 Å². The Balaban J connectivity index is 0.00000259. The molecule has 0 atom stereocenters. The highest BCUT2D eigenvalue weighted by Crippen LogP contribution is 2.46. The number of methoxy groups -OCH3 is 1. The fraction of sp³-hybridized carbons (Fsp3) is 0.240. The van der Waals surface area contributed by atoms with Gasteiger partial charge in [-0.3, -0.25) is 0 Å². The quantitative estimate of drug-likeness (QED) is 0.390. The number of hydrogen-bond donors (Lipinski definition) is 0. The second kappa shape index (κ2) is 10.3. The first-order valence-electron chi connectivity index (χ1n) is 10.7. The van der Waals surface area contributed by atoms with Crippen LogP contribution in [0.4, 0.5) is 5.69 Å². The number of aryl methyl sites for hydroxylation is 1. The Morgan fingerprint density at radius 2 is 1.82 bits per heavy atom. The smallest absolute Gasteiger partial charge is 0.177 e. The summed E-state index contributed by atoms with van der Waals surface area (Å²) in [5.41, 5.74) is 3.62. The third-order valence-electron chi connectivity index (χ3n) is 5.79. The van der Waals surface area contributed by atoms with Gasteiger partial charge in [-0.1, -0.05) is 36.4 Å². The summed E-state index contributed by atoms with van der Waals surface area (Å²) in [6.45, 7) is 0.852. The van der Waals surface area contributed by atoms with Gasteiger partial charge in [-0.25, -0.2) is 0 Å². The minimum Gasteiger partial charge on any atom is -0.497 e. The van der Waals surface area contributed by atoms with Gasteiger partial charge in [-0.2, -0.15) is 5.26 Å². The van der Waals surface area contributed by atoms with Gasteiger partial charge >= 0.3 is 0 Å². The van der Waals surface area contributed by atoms with Gasteiger partial charge in [0.25, 0.3) is 0 Å². The number of hydrogen-bond acceptors (Lipinski definition) is 6. The Morgan fingerprint density at radius 1 is 1.03 bits per heavy atom. The van der Waals surface area contributed by atoms with E-state index in [-0.39, 0.29) is 17.0 Å². The average molecular weight is 522 g/mol. The van der Waals surface area contributed by atoms with E-state index in [0.717, 1.165) is 59.4 Å². The van der Waals surface area contributed by atoms with Crippen LogP contribution in [0.5, 0.6) is 5.75 Å². The largest absolute Gasteiger partial charge is 0.497 e. The highest BCUT2D eigenvalue weighted by Gasteiger charge is 2.30. The van der Waals surface area contributed by atoms with Crippen LogP contribution in [-0.2, 0) is 13.0 Å². The van der Waals surface area contributed by atoms with Crippen LogP contribution in [0.25, 0.3) is 11.3 Å². The van der Waals surface area contributed by atoms with E-state index in [2.05, 4.69) is 43.3 Å². The molecule has 0 radical (unpaired) electrons. The van der Waals surface area contributed by atoms with Crippen molar-refractivity contribution in [3.8, 4) is 11.8 Å². The monoisotopic (exact) mass is 521 g/mol. The molecule has 3 aromatic rings. The molecular weight excluding hydrogens is 498 g/mol. The lowest BCUT2D eigenvalue weighted by molar-refractivity contribution is 0.415. The minimum atomic E-state index is 0. The zero-order chi connectivity index (χ0) is 21.9. The van der Waals surface area contributed by atoms with E-state index in [1.165, 1.54) is 6.42 Å². The first-order valence-corrected chi connectivity index (χ1v) is 11.6. The molecule has 5 rings (SSSR count). The minimum absolute atomic E-state index is 0. The lowest BCUT2D eigenvalue weighted by Gasteiger charge is -2.25. The molecule has 2 aromatic carbocycles. The lowest BCUT2D eigenvalue weighted by Crippen LogP contribution is -2.18. The lowest BCUT2D eigenvalue weighted by atomic mass is 10.1. The molecule has 6 nitrogen and oxygen atoms in total. The first-order chi connectivity index (χ1) is 15.8. The number of halogens is 1. The zero-order valence-electron chi connectivity index (χ0n) is 18.3. The molecule has 0 amide bonds. The molecule has 0 saturated heterocycles.